The largest absolute Gasteiger partial charge is 0.487 e. The molecule has 0 aromatic heterocycles. The van der Waals surface area contributed by atoms with Crippen molar-refractivity contribution in [1.29, 1.82) is 0 Å². The Kier molecular flexibility index (Phi) is 4.66. The first-order valence-electron chi connectivity index (χ1n) is 7.68. The molecule has 0 aliphatic carbocycles. The molecule has 0 unspecified atom stereocenters. The fourth-order valence-electron chi connectivity index (χ4n) is 2.86. The van der Waals surface area contributed by atoms with E-state index in [-0.39, 0.29) is 18.1 Å². The quantitative estimate of drug-likeness (QED) is 0.932. The minimum atomic E-state index is -0.209. The summed E-state index contributed by atoms with van der Waals surface area (Å²) in [4.78, 5) is 14.5. The molecule has 1 amide bonds. The van der Waals surface area contributed by atoms with Crippen molar-refractivity contribution in [3.8, 4) is 5.75 Å². The highest BCUT2D eigenvalue weighted by atomic mass is 35.5. The molecule has 4 nitrogen and oxygen atoms in total. The molecule has 114 valence electrons. The van der Waals surface area contributed by atoms with Crippen molar-refractivity contribution >= 4 is 17.5 Å². The van der Waals surface area contributed by atoms with E-state index < -0.39 is 0 Å². The average Bonchev–Trinajstić information content (AvgIpc) is 2.74. The Bertz CT molecular complexity index is 484. The molecule has 0 saturated carbocycles. The van der Waals surface area contributed by atoms with E-state index in [0.717, 1.165) is 31.7 Å². The number of hydrogen-bond acceptors (Lipinski definition) is 3. The van der Waals surface area contributed by atoms with Gasteiger partial charge in [-0.15, -0.1) is 0 Å². The number of rotatable bonds is 3. The molecule has 2 saturated heterocycles. The number of carbonyl (C=O) groups excluding carboxylic acids is 1. The maximum Gasteiger partial charge on any atom is 0.243 e. The topological polar surface area (TPSA) is 41.6 Å². The van der Waals surface area contributed by atoms with E-state index in [2.05, 4.69) is 5.32 Å². The van der Waals surface area contributed by atoms with Crippen molar-refractivity contribution in [2.75, 3.05) is 19.6 Å². The molecule has 2 atom stereocenters. The highest BCUT2D eigenvalue weighted by Gasteiger charge is 2.40. The standard InChI is InChI=1S/C16H21ClN2O2/c17-12-5-7-13(8-6-12)21-14-11-18-15(14)16(20)19-9-3-1-2-4-10-19/h5-8,14-15,18H,1-4,9-11H2/t14-,15+/m1/s1. The summed E-state index contributed by atoms with van der Waals surface area (Å²) < 4.78 is 5.89. The number of likely N-dealkylation sites (tertiary alicyclic amines) is 1. The van der Waals surface area contributed by atoms with Crippen LogP contribution in [0.3, 0.4) is 0 Å². The van der Waals surface area contributed by atoms with Crippen LogP contribution in [-0.4, -0.2) is 42.6 Å². The zero-order chi connectivity index (χ0) is 14.7. The van der Waals surface area contributed by atoms with Crippen molar-refractivity contribution in [3.63, 3.8) is 0 Å². The lowest BCUT2D eigenvalue weighted by molar-refractivity contribution is -0.139. The van der Waals surface area contributed by atoms with Crippen LogP contribution in [0.1, 0.15) is 25.7 Å². The molecular weight excluding hydrogens is 288 g/mol. The van der Waals surface area contributed by atoms with Gasteiger partial charge >= 0.3 is 0 Å². The molecule has 0 radical (unpaired) electrons. The van der Waals surface area contributed by atoms with E-state index in [1.807, 2.05) is 17.0 Å². The monoisotopic (exact) mass is 308 g/mol. The zero-order valence-electron chi connectivity index (χ0n) is 12.1. The summed E-state index contributed by atoms with van der Waals surface area (Å²) in [6.07, 6.45) is 4.60. The lowest BCUT2D eigenvalue weighted by Gasteiger charge is -2.39. The molecule has 2 aliphatic heterocycles. The van der Waals surface area contributed by atoms with Crippen LogP contribution in [0.4, 0.5) is 0 Å². The molecule has 5 heteroatoms. The molecule has 1 N–H and O–H groups in total. The number of halogens is 1. The number of carbonyl (C=O) groups is 1. The predicted molar refractivity (Wildman–Crippen MR) is 82.7 cm³/mol. The van der Waals surface area contributed by atoms with Gasteiger partial charge in [0.25, 0.3) is 0 Å². The van der Waals surface area contributed by atoms with Gasteiger partial charge in [-0.3, -0.25) is 10.1 Å². The fraction of sp³-hybridized carbons (Fsp3) is 0.562. The third kappa shape index (κ3) is 3.50. The van der Waals surface area contributed by atoms with Crippen LogP contribution in [0.2, 0.25) is 5.02 Å². The number of nitrogens with zero attached hydrogens (tertiary/aromatic N) is 1. The van der Waals surface area contributed by atoms with Crippen LogP contribution in [0.5, 0.6) is 5.75 Å². The van der Waals surface area contributed by atoms with Gasteiger partial charge in [0.05, 0.1) is 0 Å². The minimum absolute atomic E-state index is 0.0815. The SMILES string of the molecule is O=C([C@H]1NC[C@H]1Oc1ccc(Cl)cc1)N1CCCCCC1. The van der Waals surface area contributed by atoms with Crippen LogP contribution in [0, 0.1) is 0 Å². The minimum Gasteiger partial charge on any atom is -0.487 e. The van der Waals surface area contributed by atoms with Crippen LogP contribution in [-0.2, 0) is 4.79 Å². The summed E-state index contributed by atoms with van der Waals surface area (Å²) >= 11 is 5.86. The van der Waals surface area contributed by atoms with Gasteiger partial charge in [0.1, 0.15) is 17.9 Å². The number of amides is 1. The highest BCUT2D eigenvalue weighted by molar-refractivity contribution is 6.30. The molecular formula is C16H21ClN2O2. The average molecular weight is 309 g/mol. The van der Waals surface area contributed by atoms with E-state index in [1.165, 1.54) is 12.8 Å². The molecule has 2 aliphatic rings. The molecule has 1 aromatic carbocycles. The normalized spacial score (nSPS) is 25.9. The Labute approximate surface area is 130 Å². The third-order valence-corrected chi connectivity index (χ3v) is 4.45. The van der Waals surface area contributed by atoms with Gasteiger partial charge < -0.3 is 9.64 Å². The van der Waals surface area contributed by atoms with Crippen molar-refractivity contribution in [2.24, 2.45) is 0 Å². The maximum atomic E-state index is 12.6. The first-order chi connectivity index (χ1) is 10.2. The Morgan fingerprint density at radius 1 is 1.14 bits per heavy atom. The third-order valence-electron chi connectivity index (χ3n) is 4.20. The molecule has 21 heavy (non-hydrogen) atoms. The van der Waals surface area contributed by atoms with E-state index in [0.29, 0.717) is 11.6 Å². The molecule has 0 spiro atoms. The number of ether oxygens (including phenoxy) is 1. The summed E-state index contributed by atoms with van der Waals surface area (Å²) in [5.74, 6) is 0.946. The van der Waals surface area contributed by atoms with Crippen molar-refractivity contribution in [1.82, 2.24) is 10.2 Å². The van der Waals surface area contributed by atoms with Crippen molar-refractivity contribution in [2.45, 2.75) is 37.8 Å². The van der Waals surface area contributed by atoms with Crippen LogP contribution >= 0.6 is 11.6 Å². The van der Waals surface area contributed by atoms with E-state index in [9.17, 15) is 4.79 Å². The van der Waals surface area contributed by atoms with Gasteiger partial charge in [0.2, 0.25) is 5.91 Å². The first kappa shape index (κ1) is 14.7. The van der Waals surface area contributed by atoms with Crippen molar-refractivity contribution < 1.29 is 9.53 Å². The van der Waals surface area contributed by atoms with E-state index in [1.54, 1.807) is 12.1 Å². The van der Waals surface area contributed by atoms with E-state index >= 15 is 0 Å². The van der Waals surface area contributed by atoms with Gasteiger partial charge in [-0.1, -0.05) is 24.4 Å². The van der Waals surface area contributed by atoms with Gasteiger partial charge in [-0.2, -0.15) is 0 Å². The molecule has 3 rings (SSSR count). The Morgan fingerprint density at radius 2 is 1.81 bits per heavy atom. The van der Waals surface area contributed by atoms with Crippen LogP contribution in [0.15, 0.2) is 24.3 Å². The van der Waals surface area contributed by atoms with Crippen LogP contribution in [0.25, 0.3) is 0 Å². The van der Waals surface area contributed by atoms with Crippen molar-refractivity contribution in [3.05, 3.63) is 29.3 Å². The Morgan fingerprint density at radius 3 is 2.38 bits per heavy atom. The summed E-state index contributed by atoms with van der Waals surface area (Å²) in [6.45, 7) is 2.47. The summed E-state index contributed by atoms with van der Waals surface area (Å²) in [5, 5.41) is 3.89. The second-order valence-electron chi connectivity index (χ2n) is 5.74. The summed E-state index contributed by atoms with van der Waals surface area (Å²) in [7, 11) is 0. The first-order valence-corrected chi connectivity index (χ1v) is 8.06. The predicted octanol–water partition coefficient (Wildman–Crippen LogP) is 2.46. The molecule has 0 bridgehead atoms. The van der Waals surface area contributed by atoms with Gasteiger partial charge in [0.15, 0.2) is 0 Å². The van der Waals surface area contributed by atoms with Gasteiger partial charge in [-0.25, -0.2) is 0 Å². The molecule has 2 heterocycles. The Hall–Kier alpha value is -1.26. The molecule has 2 fully saturated rings. The second kappa shape index (κ2) is 6.67. The number of nitrogens with one attached hydrogen (secondary N) is 1. The smallest absolute Gasteiger partial charge is 0.243 e. The summed E-state index contributed by atoms with van der Waals surface area (Å²) in [6, 6.07) is 7.07. The second-order valence-corrected chi connectivity index (χ2v) is 6.17. The Balaban J connectivity index is 1.58. The highest BCUT2D eigenvalue weighted by Crippen LogP contribution is 2.21. The van der Waals surface area contributed by atoms with Gasteiger partial charge in [0, 0.05) is 24.7 Å². The lowest BCUT2D eigenvalue weighted by atomic mass is 10.0. The van der Waals surface area contributed by atoms with Crippen LogP contribution < -0.4 is 10.1 Å². The van der Waals surface area contributed by atoms with E-state index in [4.69, 9.17) is 16.3 Å². The van der Waals surface area contributed by atoms with Gasteiger partial charge in [-0.05, 0) is 37.1 Å². The number of benzene rings is 1. The lowest BCUT2D eigenvalue weighted by Crippen LogP contribution is -2.66. The number of hydrogen-bond donors (Lipinski definition) is 1. The molecule has 1 aromatic rings. The fourth-order valence-corrected chi connectivity index (χ4v) is 2.99. The zero-order valence-corrected chi connectivity index (χ0v) is 12.8. The maximum absolute atomic E-state index is 12.6. The summed E-state index contributed by atoms with van der Waals surface area (Å²) in [5.41, 5.74) is 0.